The fraction of sp³-hybridized carbons (Fsp3) is 0.222. The molecule has 100 valence electrons. The quantitative estimate of drug-likeness (QED) is 0.782. The number of aryl methyl sites for hydroxylation is 3. The normalized spacial score (nSPS) is 10.1. The highest BCUT2D eigenvalue weighted by atomic mass is 16.1. The summed E-state index contributed by atoms with van der Waals surface area (Å²) >= 11 is 0. The van der Waals surface area contributed by atoms with Gasteiger partial charge in [0.05, 0.1) is 11.6 Å². The number of ketones is 1. The highest BCUT2D eigenvalue weighted by Crippen LogP contribution is 2.16. The molecule has 0 unspecified atom stereocenters. The zero-order valence-electron chi connectivity index (χ0n) is 11.8. The van der Waals surface area contributed by atoms with Gasteiger partial charge in [-0.25, -0.2) is 0 Å². The highest BCUT2D eigenvalue weighted by Gasteiger charge is 2.11. The monoisotopic (exact) mass is 263 g/mol. The maximum atomic E-state index is 12.2. The number of carbonyl (C=O) groups is 1. The summed E-state index contributed by atoms with van der Waals surface area (Å²) in [7, 11) is 0. The molecule has 0 saturated heterocycles. The van der Waals surface area contributed by atoms with Crippen molar-refractivity contribution in [2.24, 2.45) is 0 Å². The molecular weight excluding hydrogens is 246 g/mol. The zero-order chi connectivity index (χ0) is 14.5. The Balaban J connectivity index is 2.11. The number of benzene rings is 2. The van der Waals surface area contributed by atoms with E-state index < -0.39 is 0 Å². The predicted molar refractivity (Wildman–Crippen MR) is 79.7 cm³/mol. The number of Topliss-reactive ketones (excluding diaryl/α,β-unsaturated/α-hetero) is 1. The minimum Gasteiger partial charge on any atom is -0.294 e. The first-order valence-corrected chi connectivity index (χ1v) is 6.70. The minimum atomic E-state index is 0.0297. The van der Waals surface area contributed by atoms with E-state index in [9.17, 15) is 4.79 Å². The van der Waals surface area contributed by atoms with E-state index in [4.69, 9.17) is 5.26 Å². The fourth-order valence-electron chi connectivity index (χ4n) is 2.33. The lowest BCUT2D eigenvalue weighted by Gasteiger charge is -2.07. The van der Waals surface area contributed by atoms with Gasteiger partial charge >= 0.3 is 0 Å². The average molecular weight is 263 g/mol. The van der Waals surface area contributed by atoms with Gasteiger partial charge in [0.1, 0.15) is 0 Å². The molecule has 0 fully saturated rings. The van der Waals surface area contributed by atoms with Gasteiger partial charge in [-0.2, -0.15) is 5.26 Å². The van der Waals surface area contributed by atoms with Crippen molar-refractivity contribution in [1.29, 1.82) is 5.26 Å². The largest absolute Gasteiger partial charge is 0.294 e. The molecule has 2 rings (SSSR count). The fourth-order valence-corrected chi connectivity index (χ4v) is 2.33. The SMILES string of the molecule is Cc1ccc(CCC(=O)c2ccccc2C#N)c(C)c1. The number of nitriles is 1. The molecular formula is C18H17NO. The maximum absolute atomic E-state index is 12.2. The topological polar surface area (TPSA) is 40.9 Å². The Morgan fingerprint density at radius 3 is 2.60 bits per heavy atom. The van der Waals surface area contributed by atoms with Crippen molar-refractivity contribution in [3.05, 3.63) is 70.3 Å². The van der Waals surface area contributed by atoms with Crippen LogP contribution in [0.3, 0.4) is 0 Å². The Morgan fingerprint density at radius 2 is 1.90 bits per heavy atom. The third kappa shape index (κ3) is 3.13. The molecule has 0 saturated carbocycles. The maximum Gasteiger partial charge on any atom is 0.164 e. The van der Waals surface area contributed by atoms with Crippen LogP contribution < -0.4 is 0 Å². The van der Waals surface area contributed by atoms with Crippen LogP contribution in [0, 0.1) is 25.2 Å². The van der Waals surface area contributed by atoms with E-state index in [-0.39, 0.29) is 5.78 Å². The van der Waals surface area contributed by atoms with Crippen molar-refractivity contribution < 1.29 is 4.79 Å². The van der Waals surface area contributed by atoms with Gasteiger partial charge in [0.2, 0.25) is 0 Å². The van der Waals surface area contributed by atoms with Crippen LogP contribution in [-0.2, 0) is 6.42 Å². The van der Waals surface area contributed by atoms with Gasteiger partial charge < -0.3 is 0 Å². The van der Waals surface area contributed by atoms with Gasteiger partial charge in [-0.15, -0.1) is 0 Å². The van der Waals surface area contributed by atoms with Gasteiger partial charge in [-0.3, -0.25) is 4.79 Å². The third-order valence-corrected chi connectivity index (χ3v) is 3.47. The number of rotatable bonds is 4. The van der Waals surface area contributed by atoms with E-state index in [0.717, 1.165) is 0 Å². The first-order valence-electron chi connectivity index (χ1n) is 6.70. The van der Waals surface area contributed by atoms with Gasteiger partial charge in [0, 0.05) is 12.0 Å². The Labute approximate surface area is 119 Å². The number of carbonyl (C=O) groups excluding carboxylic acids is 1. The van der Waals surface area contributed by atoms with Crippen LogP contribution >= 0.6 is 0 Å². The third-order valence-electron chi connectivity index (χ3n) is 3.47. The summed E-state index contributed by atoms with van der Waals surface area (Å²) in [5, 5.41) is 9.02. The molecule has 0 aliphatic carbocycles. The van der Waals surface area contributed by atoms with Crippen molar-refractivity contribution in [2.75, 3.05) is 0 Å². The molecule has 0 aromatic heterocycles. The van der Waals surface area contributed by atoms with E-state index in [2.05, 4.69) is 38.1 Å². The lowest BCUT2D eigenvalue weighted by atomic mass is 9.96. The van der Waals surface area contributed by atoms with E-state index >= 15 is 0 Å². The van der Waals surface area contributed by atoms with E-state index in [0.29, 0.717) is 24.0 Å². The molecule has 2 aromatic carbocycles. The molecule has 0 bridgehead atoms. The second-order valence-corrected chi connectivity index (χ2v) is 5.01. The molecule has 0 radical (unpaired) electrons. The van der Waals surface area contributed by atoms with Gasteiger partial charge in [0.25, 0.3) is 0 Å². The minimum absolute atomic E-state index is 0.0297. The summed E-state index contributed by atoms with van der Waals surface area (Å²) in [6, 6.07) is 15.3. The summed E-state index contributed by atoms with van der Waals surface area (Å²) in [4.78, 5) is 12.2. The molecule has 0 heterocycles. The molecule has 2 aromatic rings. The number of hydrogen-bond donors (Lipinski definition) is 0. The predicted octanol–water partition coefficient (Wildman–Crippen LogP) is 3.99. The van der Waals surface area contributed by atoms with Gasteiger partial charge in [-0.05, 0) is 37.5 Å². The van der Waals surface area contributed by atoms with Crippen LogP contribution in [0.2, 0.25) is 0 Å². The van der Waals surface area contributed by atoms with Gasteiger partial charge in [-0.1, -0.05) is 42.0 Å². The molecule has 0 aliphatic rings. The lowest BCUT2D eigenvalue weighted by molar-refractivity contribution is 0.0982. The van der Waals surface area contributed by atoms with Crippen LogP contribution in [0.25, 0.3) is 0 Å². The first kappa shape index (κ1) is 14.0. The van der Waals surface area contributed by atoms with E-state index in [1.165, 1.54) is 16.7 Å². The Bertz CT molecular complexity index is 680. The number of hydrogen-bond acceptors (Lipinski definition) is 2. The standard InChI is InChI=1S/C18H17NO/c1-13-7-8-15(14(2)11-13)9-10-18(20)17-6-4-3-5-16(17)12-19/h3-8,11H,9-10H2,1-2H3. The smallest absolute Gasteiger partial charge is 0.164 e. The molecule has 0 N–H and O–H groups in total. The molecule has 2 nitrogen and oxygen atoms in total. The van der Waals surface area contributed by atoms with Gasteiger partial charge in [0.15, 0.2) is 5.78 Å². The number of nitrogens with zero attached hydrogens (tertiary/aromatic N) is 1. The molecule has 0 amide bonds. The van der Waals surface area contributed by atoms with Crippen molar-refractivity contribution in [3.8, 4) is 6.07 Å². The Morgan fingerprint density at radius 1 is 1.15 bits per heavy atom. The molecule has 0 aliphatic heterocycles. The molecule has 0 atom stereocenters. The van der Waals surface area contributed by atoms with Crippen molar-refractivity contribution in [3.63, 3.8) is 0 Å². The Kier molecular flexibility index (Phi) is 4.32. The lowest BCUT2D eigenvalue weighted by Crippen LogP contribution is -2.04. The summed E-state index contributed by atoms with van der Waals surface area (Å²) in [6.07, 6.45) is 1.15. The van der Waals surface area contributed by atoms with Crippen molar-refractivity contribution >= 4 is 5.78 Å². The van der Waals surface area contributed by atoms with E-state index in [1.54, 1.807) is 24.3 Å². The average Bonchev–Trinajstić information content (AvgIpc) is 2.46. The van der Waals surface area contributed by atoms with E-state index in [1.807, 2.05) is 0 Å². The zero-order valence-corrected chi connectivity index (χ0v) is 11.8. The second kappa shape index (κ2) is 6.16. The van der Waals surface area contributed by atoms with Crippen LogP contribution in [0.15, 0.2) is 42.5 Å². The molecule has 20 heavy (non-hydrogen) atoms. The second-order valence-electron chi connectivity index (χ2n) is 5.01. The van der Waals surface area contributed by atoms with Crippen molar-refractivity contribution in [1.82, 2.24) is 0 Å². The molecule has 0 spiro atoms. The first-order chi connectivity index (χ1) is 9.61. The van der Waals surface area contributed by atoms with Crippen LogP contribution in [0.5, 0.6) is 0 Å². The van der Waals surface area contributed by atoms with Crippen LogP contribution in [0.1, 0.15) is 39.0 Å². The van der Waals surface area contributed by atoms with Crippen molar-refractivity contribution in [2.45, 2.75) is 26.7 Å². The summed E-state index contributed by atoms with van der Waals surface area (Å²) in [5.74, 6) is 0.0297. The highest BCUT2D eigenvalue weighted by molar-refractivity contribution is 5.98. The summed E-state index contributed by atoms with van der Waals surface area (Å²) in [6.45, 7) is 4.13. The van der Waals surface area contributed by atoms with Crippen LogP contribution in [-0.4, -0.2) is 5.78 Å². The summed E-state index contributed by atoms with van der Waals surface area (Å²) in [5.41, 5.74) is 4.62. The Hall–Kier alpha value is -2.40. The van der Waals surface area contributed by atoms with Crippen LogP contribution in [0.4, 0.5) is 0 Å². The summed E-state index contributed by atoms with van der Waals surface area (Å²) < 4.78 is 0. The molecule has 2 heteroatoms.